The van der Waals surface area contributed by atoms with Crippen molar-refractivity contribution in [1.29, 1.82) is 0 Å². The van der Waals surface area contributed by atoms with Gasteiger partial charge in [-0.3, -0.25) is 4.79 Å². The fourth-order valence-electron chi connectivity index (χ4n) is 2.34. The van der Waals surface area contributed by atoms with Crippen LogP contribution in [-0.2, 0) is 4.79 Å². The average Bonchev–Trinajstić information content (AvgIpc) is 3.14. The highest BCUT2D eigenvalue weighted by atomic mass is 16.4. The number of hydrogen-bond donors (Lipinski definition) is 2. The predicted octanol–water partition coefficient (Wildman–Crippen LogP) is 1.29. The normalized spacial score (nSPS) is 20.8. The molecule has 5 nitrogen and oxygen atoms in total. The van der Waals surface area contributed by atoms with Crippen LogP contribution in [0, 0.1) is 11.3 Å². The van der Waals surface area contributed by atoms with E-state index in [4.69, 9.17) is 5.11 Å². The molecule has 2 aliphatic carbocycles. The quantitative estimate of drug-likeness (QED) is 0.735. The van der Waals surface area contributed by atoms with Crippen molar-refractivity contribution in [2.24, 2.45) is 11.3 Å². The minimum Gasteiger partial charge on any atom is -0.481 e. The van der Waals surface area contributed by atoms with E-state index in [0.29, 0.717) is 5.41 Å². The summed E-state index contributed by atoms with van der Waals surface area (Å²) in [6.45, 7) is 1.02. The largest absolute Gasteiger partial charge is 0.481 e. The van der Waals surface area contributed by atoms with Crippen molar-refractivity contribution >= 4 is 12.0 Å². The lowest BCUT2D eigenvalue weighted by Crippen LogP contribution is -2.41. The highest BCUT2D eigenvalue weighted by molar-refractivity contribution is 5.75. The fraction of sp³-hybridized carbons (Fsp3) is 0.833. The molecule has 0 aromatic rings. The van der Waals surface area contributed by atoms with Gasteiger partial charge >= 0.3 is 12.0 Å². The van der Waals surface area contributed by atoms with Gasteiger partial charge in [0.15, 0.2) is 0 Å². The second-order valence-corrected chi connectivity index (χ2v) is 5.36. The lowest BCUT2D eigenvalue weighted by Gasteiger charge is -2.20. The third kappa shape index (κ3) is 3.11. The molecule has 96 valence electrons. The van der Waals surface area contributed by atoms with Crippen molar-refractivity contribution in [3.05, 3.63) is 0 Å². The standard InChI is InChI=1S/C12H20N2O3/c1-14(7-4-10(15)16)11(17)13-8-12(5-6-12)9-2-3-9/h9H,2-8H2,1H3,(H,13,17)(H,15,16). The highest BCUT2D eigenvalue weighted by Gasteiger charge is 2.53. The summed E-state index contributed by atoms with van der Waals surface area (Å²) in [5.74, 6) is -0.0478. The molecule has 2 amide bonds. The maximum absolute atomic E-state index is 11.7. The number of hydrogen-bond acceptors (Lipinski definition) is 2. The molecule has 2 saturated carbocycles. The Morgan fingerprint density at radius 2 is 2.06 bits per heavy atom. The number of nitrogens with one attached hydrogen (secondary N) is 1. The van der Waals surface area contributed by atoms with Crippen molar-refractivity contribution in [1.82, 2.24) is 10.2 Å². The van der Waals surface area contributed by atoms with Crippen LogP contribution >= 0.6 is 0 Å². The van der Waals surface area contributed by atoms with Gasteiger partial charge in [-0.25, -0.2) is 4.79 Å². The first kappa shape index (κ1) is 12.2. The van der Waals surface area contributed by atoms with Gasteiger partial charge in [-0.15, -0.1) is 0 Å². The Hall–Kier alpha value is -1.26. The molecule has 2 rings (SSSR count). The topological polar surface area (TPSA) is 69.6 Å². The number of carbonyl (C=O) groups is 2. The number of carboxylic acids is 1. The van der Waals surface area contributed by atoms with E-state index >= 15 is 0 Å². The number of nitrogens with zero attached hydrogens (tertiary/aromatic N) is 1. The molecule has 2 fully saturated rings. The number of rotatable bonds is 6. The van der Waals surface area contributed by atoms with E-state index in [1.165, 1.54) is 30.6 Å². The van der Waals surface area contributed by atoms with Crippen LogP contribution in [0.25, 0.3) is 0 Å². The Bertz CT molecular complexity index is 322. The highest BCUT2D eigenvalue weighted by Crippen LogP contribution is 2.60. The SMILES string of the molecule is CN(CCC(=O)O)C(=O)NCC1(C2CC2)CC1. The molecule has 17 heavy (non-hydrogen) atoms. The lowest BCUT2D eigenvalue weighted by molar-refractivity contribution is -0.137. The zero-order valence-corrected chi connectivity index (χ0v) is 10.2. The van der Waals surface area contributed by atoms with Gasteiger partial charge in [0.2, 0.25) is 0 Å². The second kappa shape index (κ2) is 4.55. The number of aliphatic carboxylic acids is 1. The summed E-state index contributed by atoms with van der Waals surface area (Å²) < 4.78 is 0. The van der Waals surface area contributed by atoms with Crippen LogP contribution in [0.1, 0.15) is 32.1 Å². The van der Waals surface area contributed by atoms with E-state index < -0.39 is 5.97 Å². The van der Waals surface area contributed by atoms with Crippen molar-refractivity contribution in [3.63, 3.8) is 0 Å². The first-order chi connectivity index (χ1) is 8.03. The second-order valence-electron chi connectivity index (χ2n) is 5.36. The minimum atomic E-state index is -0.874. The molecule has 0 unspecified atom stereocenters. The van der Waals surface area contributed by atoms with Crippen LogP contribution < -0.4 is 5.32 Å². The molecule has 0 atom stereocenters. The fourth-order valence-corrected chi connectivity index (χ4v) is 2.34. The van der Waals surface area contributed by atoms with Crippen LogP contribution in [0.5, 0.6) is 0 Å². The maximum atomic E-state index is 11.7. The van der Waals surface area contributed by atoms with E-state index in [9.17, 15) is 9.59 Å². The summed E-state index contributed by atoms with van der Waals surface area (Å²) in [5, 5.41) is 11.5. The number of carbonyl (C=O) groups excluding carboxylic acids is 1. The summed E-state index contributed by atoms with van der Waals surface area (Å²) in [4.78, 5) is 23.5. The van der Waals surface area contributed by atoms with Crippen LogP contribution in [0.15, 0.2) is 0 Å². The lowest BCUT2D eigenvalue weighted by atomic mass is 10.0. The monoisotopic (exact) mass is 240 g/mol. The molecule has 2 N–H and O–H groups in total. The molecule has 0 aromatic heterocycles. The average molecular weight is 240 g/mol. The van der Waals surface area contributed by atoms with Gasteiger partial charge in [0, 0.05) is 20.1 Å². The number of amides is 2. The third-order valence-corrected chi connectivity index (χ3v) is 3.94. The van der Waals surface area contributed by atoms with Crippen molar-refractivity contribution in [3.8, 4) is 0 Å². The molecule has 0 bridgehead atoms. The number of urea groups is 1. The molecule has 2 aliphatic rings. The molecular formula is C12H20N2O3. The van der Waals surface area contributed by atoms with Crippen LogP contribution in [0.2, 0.25) is 0 Å². The smallest absolute Gasteiger partial charge is 0.317 e. The van der Waals surface area contributed by atoms with E-state index in [0.717, 1.165) is 12.5 Å². The van der Waals surface area contributed by atoms with Gasteiger partial charge in [0.25, 0.3) is 0 Å². The Labute approximate surface area is 101 Å². The van der Waals surface area contributed by atoms with Crippen molar-refractivity contribution in [2.45, 2.75) is 32.1 Å². The third-order valence-electron chi connectivity index (χ3n) is 3.94. The van der Waals surface area contributed by atoms with Crippen LogP contribution in [0.4, 0.5) is 4.79 Å². The summed E-state index contributed by atoms with van der Waals surface area (Å²) >= 11 is 0. The van der Waals surface area contributed by atoms with Gasteiger partial charge in [-0.2, -0.15) is 0 Å². The molecule has 0 radical (unpaired) electrons. The van der Waals surface area contributed by atoms with E-state index in [1.807, 2.05) is 0 Å². The summed E-state index contributed by atoms with van der Waals surface area (Å²) in [6, 6.07) is -0.154. The Morgan fingerprint density at radius 3 is 2.53 bits per heavy atom. The van der Waals surface area contributed by atoms with Gasteiger partial charge in [-0.05, 0) is 37.0 Å². The predicted molar refractivity (Wildman–Crippen MR) is 62.7 cm³/mol. The minimum absolute atomic E-state index is 0.00229. The van der Waals surface area contributed by atoms with Crippen molar-refractivity contribution < 1.29 is 14.7 Å². The summed E-state index contributed by atoms with van der Waals surface area (Å²) in [5.41, 5.74) is 0.392. The Balaban J connectivity index is 1.68. The Kier molecular flexibility index (Phi) is 3.26. The maximum Gasteiger partial charge on any atom is 0.317 e. The van der Waals surface area contributed by atoms with Gasteiger partial charge in [-0.1, -0.05) is 0 Å². The first-order valence-corrected chi connectivity index (χ1v) is 6.24. The van der Waals surface area contributed by atoms with E-state index in [2.05, 4.69) is 5.32 Å². The number of carboxylic acid groups (broad SMARTS) is 1. The molecule has 5 heteroatoms. The summed E-state index contributed by atoms with van der Waals surface area (Å²) in [7, 11) is 1.63. The molecule has 0 spiro atoms. The molecule has 0 aromatic carbocycles. The van der Waals surface area contributed by atoms with Crippen LogP contribution in [-0.4, -0.2) is 42.1 Å². The molecule has 0 saturated heterocycles. The molecule has 0 aliphatic heterocycles. The molecule has 0 heterocycles. The van der Waals surface area contributed by atoms with E-state index in [-0.39, 0.29) is 19.0 Å². The van der Waals surface area contributed by atoms with Gasteiger partial charge < -0.3 is 15.3 Å². The molecular weight excluding hydrogens is 220 g/mol. The van der Waals surface area contributed by atoms with Crippen molar-refractivity contribution in [2.75, 3.05) is 20.1 Å². The Morgan fingerprint density at radius 1 is 1.41 bits per heavy atom. The van der Waals surface area contributed by atoms with Gasteiger partial charge in [0.05, 0.1) is 6.42 Å². The zero-order valence-electron chi connectivity index (χ0n) is 10.2. The first-order valence-electron chi connectivity index (χ1n) is 6.24. The van der Waals surface area contributed by atoms with E-state index in [1.54, 1.807) is 7.05 Å². The van der Waals surface area contributed by atoms with Crippen LogP contribution in [0.3, 0.4) is 0 Å². The van der Waals surface area contributed by atoms with Gasteiger partial charge in [0.1, 0.15) is 0 Å². The zero-order chi connectivity index (χ0) is 12.5. The summed E-state index contributed by atoms with van der Waals surface area (Å²) in [6.07, 6.45) is 5.08.